The Balaban J connectivity index is 1.42. The number of carbonyl (C=O) groups excluding carboxylic acids is 1. The van der Waals surface area contributed by atoms with E-state index in [1.54, 1.807) is 17.6 Å². The highest BCUT2D eigenvalue weighted by Gasteiger charge is 2.51. The zero-order valence-corrected chi connectivity index (χ0v) is 12.9. The number of hydroxylamine groups is 1. The van der Waals surface area contributed by atoms with E-state index in [1.807, 2.05) is 12.1 Å². The molecule has 23 heavy (non-hydrogen) atoms. The van der Waals surface area contributed by atoms with E-state index >= 15 is 0 Å². The van der Waals surface area contributed by atoms with Gasteiger partial charge in [0.05, 0.1) is 12.1 Å². The topological polar surface area (TPSA) is 55.8 Å². The quantitative estimate of drug-likeness (QED) is 0.674. The summed E-state index contributed by atoms with van der Waals surface area (Å²) in [6.45, 7) is 4.14. The highest BCUT2D eigenvalue weighted by molar-refractivity contribution is 5.93. The van der Waals surface area contributed by atoms with Gasteiger partial charge in [-0.15, -0.1) is 0 Å². The van der Waals surface area contributed by atoms with Gasteiger partial charge >= 0.3 is 0 Å². The molecule has 1 unspecified atom stereocenters. The van der Waals surface area contributed by atoms with Gasteiger partial charge in [-0.3, -0.25) is 10.0 Å². The van der Waals surface area contributed by atoms with Gasteiger partial charge in [0.25, 0.3) is 5.91 Å². The van der Waals surface area contributed by atoms with E-state index in [0.717, 1.165) is 18.8 Å². The maximum absolute atomic E-state index is 11.3. The molecule has 2 saturated heterocycles. The number of carbonyl (C=O) groups is 1. The third kappa shape index (κ3) is 2.24. The number of hydrogen-bond donors (Lipinski definition) is 2. The molecule has 0 aromatic heterocycles. The van der Waals surface area contributed by atoms with Gasteiger partial charge in [-0.2, -0.15) is 0 Å². The second kappa shape index (κ2) is 5.28. The Labute approximate surface area is 135 Å². The van der Waals surface area contributed by atoms with Gasteiger partial charge in [0.2, 0.25) is 0 Å². The number of aryl methyl sites for hydroxylation is 1. The summed E-state index contributed by atoms with van der Waals surface area (Å²) in [4.78, 5) is 16.2. The lowest BCUT2D eigenvalue weighted by Crippen LogP contribution is -2.79. The number of amides is 1. The predicted octanol–water partition coefficient (Wildman–Crippen LogP) is 2.19. The van der Waals surface area contributed by atoms with Crippen LogP contribution in [0.15, 0.2) is 48.5 Å². The van der Waals surface area contributed by atoms with Crippen molar-refractivity contribution in [2.24, 2.45) is 0 Å². The standard InChI is InChI=1S/C18H19N3O2/c1-12-2-6-14(7-3-12)20-10-17-16(20)11-21(17)15-8-4-13(5-9-15)18(22)19-23/h2-9,16-17,23H,10-11H2,1H3,(H,19,22)/t16-,17?/m1/s1. The molecule has 0 radical (unpaired) electrons. The van der Waals surface area contributed by atoms with Gasteiger partial charge < -0.3 is 9.80 Å². The number of nitrogens with zero attached hydrogens (tertiary/aromatic N) is 2. The Morgan fingerprint density at radius 3 is 1.87 bits per heavy atom. The van der Waals surface area contributed by atoms with Crippen molar-refractivity contribution in [1.82, 2.24) is 5.48 Å². The Hall–Kier alpha value is -2.53. The fourth-order valence-electron chi connectivity index (χ4n) is 3.45. The summed E-state index contributed by atoms with van der Waals surface area (Å²) in [5.74, 6) is -0.479. The minimum absolute atomic E-state index is 0.461. The molecule has 0 saturated carbocycles. The van der Waals surface area contributed by atoms with Gasteiger partial charge in [0.15, 0.2) is 0 Å². The van der Waals surface area contributed by atoms with Crippen LogP contribution < -0.4 is 15.3 Å². The SMILES string of the molecule is Cc1ccc(N2CC3[C@H]2CN3c2ccc(C(=O)NO)cc2)cc1. The molecule has 0 spiro atoms. The zero-order chi connectivity index (χ0) is 16.0. The van der Waals surface area contributed by atoms with Crippen LogP contribution >= 0.6 is 0 Å². The summed E-state index contributed by atoms with van der Waals surface area (Å²) in [5.41, 5.74) is 5.83. The van der Waals surface area contributed by atoms with Crippen LogP contribution in [0.3, 0.4) is 0 Å². The van der Waals surface area contributed by atoms with E-state index in [2.05, 4.69) is 41.0 Å². The molecule has 2 N–H and O–H groups in total. The zero-order valence-electron chi connectivity index (χ0n) is 12.9. The minimum Gasteiger partial charge on any atom is -0.362 e. The molecule has 2 aliphatic rings. The van der Waals surface area contributed by atoms with Gasteiger partial charge in [-0.25, -0.2) is 5.48 Å². The smallest absolute Gasteiger partial charge is 0.274 e. The largest absolute Gasteiger partial charge is 0.362 e. The normalized spacial score (nSPS) is 22.0. The molecule has 2 fully saturated rings. The number of fused-ring (bicyclic) bond motifs is 1. The molecule has 0 aliphatic carbocycles. The lowest BCUT2D eigenvalue weighted by Gasteiger charge is -2.63. The second-order valence-electron chi connectivity index (χ2n) is 6.26. The van der Waals surface area contributed by atoms with E-state index in [4.69, 9.17) is 5.21 Å². The van der Waals surface area contributed by atoms with E-state index in [-0.39, 0.29) is 0 Å². The van der Waals surface area contributed by atoms with E-state index in [9.17, 15) is 4.79 Å². The van der Waals surface area contributed by atoms with Gasteiger partial charge in [-0.05, 0) is 43.3 Å². The van der Waals surface area contributed by atoms with Crippen LogP contribution in [-0.4, -0.2) is 36.3 Å². The van der Waals surface area contributed by atoms with Gasteiger partial charge in [0, 0.05) is 30.0 Å². The van der Waals surface area contributed by atoms with Crippen molar-refractivity contribution >= 4 is 17.3 Å². The summed E-state index contributed by atoms with van der Waals surface area (Å²) < 4.78 is 0. The van der Waals surface area contributed by atoms with Crippen LogP contribution in [0.5, 0.6) is 0 Å². The van der Waals surface area contributed by atoms with Crippen molar-refractivity contribution in [3.05, 3.63) is 59.7 Å². The molecular weight excluding hydrogens is 290 g/mol. The Morgan fingerprint density at radius 1 is 0.957 bits per heavy atom. The van der Waals surface area contributed by atoms with E-state index in [1.165, 1.54) is 11.3 Å². The molecule has 0 bridgehead atoms. The van der Waals surface area contributed by atoms with Crippen LogP contribution in [-0.2, 0) is 0 Å². The fourth-order valence-corrected chi connectivity index (χ4v) is 3.45. The minimum atomic E-state index is -0.479. The molecule has 2 atom stereocenters. The van der Waals surface area contributed by atoms with Crippen molar-refractivity contribution < 1.29 is 10.0 Å². The van der Waals surface area contributed by atoms with Crippen LogP contribution in [0.1, 0.15) is 15.9 Å². The lowest BCUT2D eigenvalue weighted by atomic mass is 9.84. The first-order chi connectivity index (χ1) is 11.2. The molecule has 5 heteroatoms. The van der Waals surface area contributed by atoms with Gasteiger partial charge in [-0.1, -0.05) is 17.7 Å². The number of rotatable bonds is 3. The molecular formula is C18H19N3O2. The number of hydrogen-bond acceptors (Lipinski definition) is 4. The van der Waals surface area contributed by atoms with Crippen molar-refractivity contribution in [3.63, 3.8) is 0 Å². The van der Waals surface area contributed by atoms with Crippen LogP contribution in [0.2, 0.25) is 0 Å². The molecule has 1 amide bonds. The summed E-state index contributed by atoms with van der Waals surface area (Å²) >= 11 is 0. The van der Waals surface area contributed by atoms with Gasteiger partial charge in [0.1, 0.15) is 0 Å². The Bertz CT molecular complexity index is 727. The monoisotopic (exact) mass is 309 g/mol. The molecule has 2 aromatic carbocycles. The lowest BCUT2D eigenvalue weighted by molar-refractivity contribution is 0.0706. The average molecular weight is 309 g/mol. The average Bonchev–Trinajstić information content (AvgIpc) is 2.57. The molecule has 4 rings (SSSR count). The highest BCUT2D eigenvalue weighted by Crippen LogP contribution is 2.40. The molecule has 2 aliphatic heterocycles. The molecule has 2 aromatic rings. The number of anilines is 2. The van der Waals surface area contributed by atoms with Crippen molar-refractivity contribution in [3.8, 4) is 0 Å². The summed E-state index contributed by atoms with van der Waals surface area (Å²) in [6, 6.07) is 17.2. The number of piperazine rings is 1. The Morgan fingerprint density at radius 2 is 1.43 bits per heavy atom. The summed E-state index contributed by atoms with van der Waals surface area (Å²) in [5, 5.41) is 8.65. The van der Waals surface area contributed by atoms with Crippen molar-refractivity contribution in [1.29, 1.82) is 0 Å². The maximum atomic E-state index is 11.3. The second-order valence-corrected chi connectivity index (χ2v) is 6.26. The highest BCUT2D eigenvalue weighted by atomic mass is 16.5. The van der Waals surface area contributed by atoms with Crippen molar-refractivity contribution in [2.75, 3.05) is 22.9 Å². The third-order valence-corrected chi connectivity index (χ3v) is 4.94. The summed E-state index contributed by atoms with van der Waals surface area (Å²) in [6.07, 6.45) is 0. The first kappa shape index (κ1) is 14.1. The molecule has 2 heterocycles. The van der Waals surface area contributed by atoms with Crippen LogP contribution in [0, 0.1) is 6.92 Å². The predicted molar refractivity (Wildman–Crippen MR) is 89.1 cm³/mol. The number of nitrogens with one attached hydrogen (secondary N) is 1. The number of benzene rings is 2. The third-order valence-electron chi connectivity index (χ3n) is 4.94. The first-order valence-electron chi connectivity index (χ1n) is 7.82. The van der Waals surface area contributed by atoms with E-state index < -0.39 is 5.91 Å². The summed E-state index contributed by atoms with van der Waals surface area (Å²) in [7, 11) is 0. The van der Waals surface area contributed by atoms with E-state index in [0.29, 0.717) is 17.6 Å². The van der Waals surface area contributed by atoms with Crippen molar-refractivity contribution in [2.45, 2.75) is 19.0 Å². The fraction of sp³-hybridized carbons (Fsp3) is 0.278. The molecule has 5 nitrogen and oxygen atoms in total. The van der Waals surface area contributed by atoms with Crippen LogP contribution in [0.25, 0.3) is 0 Å². The maximum Gasteiger partial charge on any atom is 0.274 e. The first-order valence-corrected chi connectivity index (χ1v) is 7.82. The Kier molecular flexibility index (Phi) is 3.23. The molecule has 118 valence electrons. The van der Waals surface area contributed by atoms with Crippen LogP contribution in [0.4, 0.5) is 11.4 Å².